The molecule has 3 atom stereocenters. The molecule has 1 aliphatic heterocycles. The molecule has 3 N–H and O–H groups in total. The number of thiophene rings is 1. The van der Waals surface area contributed by atoms with E-state index in [9.17, 15) is 14.7 Å². The number of hydrogen-bond acceptors (Lipinski definition) is 4. The predicted octanol–water partition coefficient (Wildman–Crippen LogP) is 2.59. The summed E-state index contributed by atoms with van der Waals surface area (Å²) in [5, 5.41) is 17.6. The Hall–Kier alpha value is -2.38. The Labute approximate surface area is 150 Å². The molecule has 7 heteroatoms. The highest BCUT2D eigenvalue weighted by Crippen LogP contribution is 2.23. The van der Waals surface area contributed by atoms with Crippen molar-refractivity contribution in [3.63, 3.8) is 0 Å². The number of para-hydroxylation sites is 1. The van der Waals surface area contributed by atoms with Gasteiger partial charge >= 0.3 is 6.03 Å². The van der Waals surface area contributed by atoms with Gasteiger partial charge in [-0.05, 0) is 30.5 Å². The number of hydrogen-bond donors (Lipinski definition) is 3. The van der Waals surface area contributed by atoms with E-state index >= 15 is 0 Å². The van der Waals surface area contributed by atoms with Crippen LogP contribution in [-0.2, 0) is 4.79 Å². The van der Waals surface area contributed by atoms with Gasteiger partial charge in [0, 0.05) is 23.5 Å². The second-order valence-electron chi connectivity index (χ2n) is 6.10. The van der Waals surface area contributed by atoms with Gasteiger partial charge in [-0.25, -0.2) is 4.79 Å². The summed E-state index contributed by atoms with van der Waals surface area (Å²) in [7, 11) is 0. The minimum Gasteiger partial charge on any atom is -0.391 e. The van der Waals surface area contributed by atoms with Crippen LogP contribution in [0.3, 0.4) is 0 Å². The van der Waals surface area contributed by atoms with Gasteiger partial charge in [0.25, 0.3) is 0 Å². The maximum atomic E-state index is 12.6. The SMILES string of the molecule is C[C@H](NC(=O)[C@@H]1C[C@H](O)CN1C(=O)Nc1ccccc1)c1cccs1. The van der Waals surface area contributed by atoms with E-state index in [0.29, 0.717) is 5.69 Å². The summed E-state index contributed by atoms with van der Waals surface area (Å²) in [5.41, 5.74) is 0.653. The van der Waals surface area contributed by atoms with Crippen LogP contribution in [0.5, 0.6) is 0 Å². The Morgan fingerprint density at radius 1 is 1.24 bits per heavy atom. The van der Waals surface area contributed by atoms with Crippen molar-refractivity contribution in [3.8, 4) is 0 Å². The van der Waals surface area contributed by atoms with Crippen molar-refractivity contribution < 1.29 is 14.7 Å². The van der Waals surface area contributed by atoms with Gasteiger partial charge in [0.2, 0.25) is 5.91 Å². The number of nitrogens with zero attached hydrogens (tertiary/aromatic N) is 1. The molecule has 132 valence electrons. The number of benzene rings is 1. The topological polar surface area (TPSA) is 81.7 Å². The number of likely N-dealkylation sites (tertiary alicyclic amines) is 1. The molecule has 2 heterocycles. The maximum absolute atomic E-state index is 12.6. The summed E-state index contributed by atoms with van der Waals surface area (Å²) in [6, 6.07) is 11.7. The van der Waals surface area contributed by atoms with Crippen LogP contribution in [0.4, 0.5) is 10.5 Å². The van der Waals surface area contributed by atoms with Gasteiger partial charge in [0.05, 0.1) is 12.1 Å². The second-order valence-corrected chi connectivity index (χ2v) is 7.08. The van der Waals surface area contributed by atoms with E-state index in [2.05, 4.69) is 10.6 Å². The molecule has 0 unspecified atom stereocenters. The molecule has 1 saturated heterocycles. The number of aliphatic hydroxyl groups excluding tert-OH is 1. The Balaban J connectivity index is 1.66. The molecule has 0 bridgehead atoms. The van der Waals surface area contributed by atoms with Crippen molar-refractivity contribution >= 4 is 29.0 Å². The first kappa shape index (κ1) is 17.4. The summed E-state index contributed by atoms with van der Waals surface area (Å²) < 4.78 is 0. The van der Waals surface area contributed by atoms with Crippen molar-refractivity contribution in [1.82, 2.24) is 10.2 Å². The number of nitrogens with one attached hydrogen (secondary N) is 2. The van der Waals surface area contributed by atoms with Crippen LogP contribution in [-0.4, -0.2) is 40.6 Å². The second kappa shape index (κ2) is 7.67. The number of β-amino-alcohol motifs (C(OH)–C–C–N with tert-alkyl or cyclic N) is 1. The standard InChI is InChI=1S/C18H21N3O3S/c1-12(16-8-5-9-25-16)19-17(23)15-10-14(22)11-21(15)18(24)20-13-6-3-2-4-7-13/h2-9,12,14-15,22H,10-11H2,1H3,(H,19,23)(H,20,24)/t12-,14-,15-/m0/s1. The monoisotopic (exact) mass is 359 g/mol. The fraction of sp³-hybridized carbons (Fsp3) is 0.333. The lowest BCUT2D eigenvalue weighted by atomic mass is 10.1. The predicted molar refractivity (Wildman–Crippen MR) is 97.5 cm³/mol. The normalized spacial score (nSPS) is 21.0. The van der Waals surface area contributed by atoms with Crippen molar-refractivity contribution in [2.45, 2.75) is 31.5 Å². The Bertz CT molecular complexity index is 720. The van der Waals surface area contributed by atoms with Gasteiger partial charge in [-0.2, -0.15) is 0 Å². The zero-order chi connectivity index (χ0) is 17.8. The molecule has 1 aromatic carbocycles. The quantitative estimate of drug-likeness (QED) is 0.785. The largest absolute Gasteiger partial charge is 0.391 e. The number of amides is 3. The van der Waals surface area contributed by atoms with Crippen LogP contribution >= 0.6 is 11.3 Å². The first-order chi connectivity index (χ1) is 12.0. The molecule has 2 aromatic rings. The number of anilines is 1. The minimum atomic E-state index is -0.700. The van der Waals surface area contributed by atoms with Crippen LogP contribution in [0, 0.1) is 0 Å². The van der Waals surface area contributed by atoms with Crippen molar-refractivity contribution in [3.05, 3.63) is 52.7 Å². The number of rotatable bonds is 4. The third kappa shape index (κ3) is 4.18. The van der Waals surface area contributed by atoms with E-state index < -0.39 is 12.1 Å². The average Bonchev–Trinajstić information content (AvgIpc) is 3.25. The summed E-state index contributed by atoms with van der Waals surface area (Å²) in [5.74, 6) is -0.249. The van der Waals surface area contributed by atoms with Gasteiger partial charge in [0.15, 0.2) is 0 Å². The molecule has 1 aliphatic rings. The highest BCUT2D eigenvalue weighted by Gasteiger charge is 2.39. The fourth-order valence-corrected chi connectivity index (χ4v) is 3.66. The lowest BCUT2D eigenvalue weighted by molar-refractivity contribution is -0.125. The lowest BCUT2D eigenvalue weighted by Gasteiger charge is -2.25. The molecular formula is C18H21N3O3S. The van der Waals surface area contributed by atoms with E-state index in [-0.39, 0.29) is 30.9 Å². The molecule has 1 fully saturated rings. The lowest BCUT2D eigenvalue weighted by Crippen LogP contribution is -2.47. The molecule has 3 amide bonds. The zero-order valence-corrected chi connectivity index (χ0v) is 14.7. The van der Waals surface area contributed by atoms with Crippen LogP contribution in [0.25, 0.3) is 0 Å². The maximum Gasteiger partial charge on any atom is 0.322 e. The minimum absolute atomic E-state index is 0.135. The number of aliphatic hydroxyl groups is 1. The highest BCUT2D eigenvalue weighted by molar-refractivity contribution is 7.10. The molecular weight excluding hydrogens is 338 g/mol. The molecule has 25 heavy (non-hydrogen) atoms. The van der Waals surface area contributed by atoms with Crippen LogP contribution < -0.4 is 10.6 Å². The third-order valence-corrected chi connectivity index (χ3v) is 5.25. The molecule has 0 saturated carbocycles. The van der Waals surface area contributed by atoms with Gasteiger partial charge in [-0.3, -0.25) is 4.79 Å². The first-order valence-electron chi connectivity index (χ1n) is 8.19. The van der Waals surface area contributed by atoms with Crippen molar-refractivity contribution in [1.29, 1.82) is 0 Å². The molecule has 3 rings (SSSR count). The fourth-order valence-electron chi connectivity index (χ4n) is 2.92. The number of urea groups is 1. The summed E-state index contributed by atoms with van der Waals surface area (Å²) in [6.45, 7) is 2.05. The van der Waals surface area contributed by atoms with Crippen molar-refractivity contribution in [2.24, 2.45) is 0 Å². The Morgan fingerprint density at radius 2 is 2.00 bits per heavy atom. The van der Waals surface area contributed by atoms with Crippen LogP contribution in [0.2, 0.25) is 0 Å². The zero-order valence-electron chi connectivity index (χ0n) is 13.9. The van der Waals surface area contributed by atoms with Crippen LogP contribution in [0.15, 0.2) is 47.8 Å². The molecule has 6 nitrogen and oxygen atoms in total. The Morgan fingerprint density at radius 3 is 2.68 bits per heavy atom. The van der Waals surface area contributed by atoms with E-state index in [1.807, 2.05) is 42.6 Å². The molecule has 0 aliphatic carbocycles. The number of carbonyl (C=O) groups is 2. The molecule has 1 aromatic heterocycles. The van der Waals surface area contributed by atoms with Gasteiger partial charge in [-0.15, -0.1) is 11.3 Å². The van der Waals surface area contributed by atoms with E-state index in [1.54, 1.807) is 23.5 Å². The van der Waals surface area contributed by atoms with Gasteiger partial charge < -0.3 is 20.6 Å². The van der Waals surface area contributed by atoms with Crippen molar-refractivity contribution in [2.75, 3.05) is 11.9 Å². The van der Waals surface area contributed by atoms with Crippen LogP contribution in [0.1, 0.15) is 24.3 Å². The van der Waals surface area contributed by atoms with Gasteiger partial charge in [-0.1, -0.05) is 24.3 Å². The van der Waals surface area contributed by atoms with E-state index in [1.165, 1.54) is 4.90 Å². The summed E-state index contributed by atoms with van der Waals surface area (Å²) in [4.78, 5) is 27.6. The molecule has 0 radical (unpaired) electrons. The Kier molecular flexibility index (Phi) is 5.35. The third-order valence-electron chi connectivity index (χ3n) is 4.20. The summed E-state index contributed by atoms with van der Waals surface area (Å²) >= 11 is 1.57. The summed E-state index contributed by atoms with van der Waals surface area (Å²) in [6.07, 6.45) is -0.458. The van der Waals surface area contributed by atoms with E-state index in [0.717, 1.165) is 4.88 Å². The smallest absolute Gasteiger partial charge is 0.322 e. The van der Waals surface area contributed by atoms with Gasteiger partial charge in [0.1, 0.15) is 6.04 Å². The molecule has 0 spiro atoms. The first-order valence-corrected chi connectivity index (χ1v) is 9.07. The van der Waals surface area contributed by atoms with E-state index in [4.69, 9.17) is 0 Å². The highest BCUT2D eigenvalue weighted by atomic mass is 32.1. The average molecular weight is 359 g/mol. The number of carbonyl (C=O) groups excluding carboxylic acids is 2.